The summed E-state index contributed by atoms with van der Waals surface area (Å²) in [5.74, 6) is -2.58. The molecule has 3 aromatic rings. The Balaban J connectivity index is 1.75. The Morgan fingerprint density at radius 1 is 1.00 bits per heavy atom. The molecular formula is C27H26F6N4. The van der Waals surface area contributed by atoms with Gasteiger partial charge in [-0.05, 0) is 37.7 Å². The number of alkyl halides is 3. The van der Waals surface area contributed by atoms with Gasteiger partial charge in [0.25, 0.3) is 0 Å². The van der Waals surface area contributed by atoms with Crippen molar-refractivity contribution in [3.8, 4) is 0 Å². The van der Waals surface area contributed by atoms with Crippen molar-refractivity contribution in [2.75, 3.05) is 24.2 Å². The summed E-state index contributed by atoms with van der Waals surface area (Å²) in [6, 6.07) is 11.4. The molecule has 0 saturated heterocycles. The molecule has 10 heteroatoms. The monoisotopic (exact) mass is 520 g/mol. The van der Waals surface area contributed by atoms with Crippen LogP contribution >= 0.6 is 0 Å². The number of nitrogens with one attached hydrogen (secondary N) is 3. The molecule has 1 aliphatic rings. The predicted molar refractivity (Wildman–Crippen MR) is 132 cm³/mol. The van der Waals surface area contributed by atoms with Crippen LogP contribution in [0.15, 0.2) is 61.2 Å². The molecule has 2 atom stereocenters. The summed E-state index contributed by atoms with van der Waals surface area (Å²) in [7, 11) is 1.59. The van der Waals surface area contributed by atoms with Crippen LogP contribution in [-0.4, -0.2) is 18.5 Å². The number of rotatable bonds is 7. The lowest BCUT2D eigenvalue weighted by Gasteiger charge is -2.43. The van der Waals surface area contributed by atoms with E-state index in [-0.39, 0.29) is 22.5 Å². The van der Waals surface area contributed by atoms with Crippen molar-refractivity contribution in [2.24, 2.45) is 0 Å². The normalized spacial score (nSPS) is 17.6. The molecule has 0 bridgehead atoms. The summed E-state index contributed by atoms with van der Waals surface area (Å²) in [4.78, 5) is 1.59. The molecule has 196 valence electrons. The van der Waals surface area contributed by atoms with Crippen LogP contribution in [0, 0.1) is 17.5 Å². The van der Waals surface area contributed by atoms with Gasteiger partial charge in [0, 0.05) is 40.7 Å². The van der Waals surface area contributed by atoms with Crippen molar-refractivity contribution < 1.29 is 26.3 Å². The molecular weight excluding hydrogens is 494 g/mol. The van der Waals surface area contributed by atoms with E-state index in [4.69, 9.17) is 0 Å². The van der Waals surface area contributed by atoms with Crippen molar-refractivity contribution in [3.05, 3.63) is 101 Å². The molecule has 1 heterocycles. The molecule has 0 fully saturated rings. The van der Waals surface area contributed by atoms with Gasteiger partial charge in [-0.25, -0.2) is 13.2 Å². The summed E-state index contributed by atoms with van der Waals surface area (Å²) in [6.07, 6.45) is -5.85. The molecule has 0 spiro atoms. The molecule has 2 unspecified atom stereocenters. The number of benzene rings is 3. The van der Waals surface area contributed by atoms with Crippen LogP contribution in [0.3, 0.4) is 0 Å². The number of hydrogen-bond donors (Lipinski definition) is 3. The molecule has 1 aliphatic heterocycles. The van der Waals surface area contributed by atoms with E-state index in [2.05, 4.69) is 22.5 Å². The van der Waals surface area contributed by atoms with Crippen molar-refractivity contribution in [1.29, 1.82) is 0 Å². The highest BCUT2D eigenvalue weighted by molar-refractivity contribution is 5.75. The number of anilines is 2. The maximum absolute atomic E-state index is 14.6. The third-order valence-electron chi connectivity index (χ3n) is 6.22. The first-order valence-corrected chi connectivity index (χ1v) is 11.6. The fourth-order valence-electron chi connectivity index (χ4n) is 4.46. The third kappa shape index (κ3) is 5.39. The minimum absolute atomic E-state index is 0.0695. The third-order valence-corrected chi connectivity index (χ3v) is 6.22. The molecule has 0 amide bonds. The quantitative estimate of drug-likeness (QED) is 0.287. The number of nitrogens with zero attached hydrogens (tertiary/aromatic N) is 1. The molecule has 4 rings (SSSR count). The van der Waals surface area contributed by atoms with Gasteiger partial charge in [-0.3, -0.25) is 4.90 Å². The van der Waals surface area contributed by atoms with Crippen molar-refractivity contribution in [1.82, 2.24) is 10.2 Å². The van der Waals surface area contributed by atoms with Gasteiger partial charge in [0.2, 0.25) is 0 Å². The standard InChI is InChI=1S/C27H26F6N4/c1-4-11-34-24-20(12-17(29)14-22(24)30)15(2)35-26-19-7-5-6-8-23(19)36-25(37(26)3)18-10-9-16(28)13-21(18)27(31,32)33/h5-10,12-14,25-26,34-36H,2,4,11H2,1,3H3. The second-order valence-electron chi connectivity index (χ2n) is 8.79. The van der Waals surface area contributed by atoms with Crippen LogP contribution in [0.1, 0.15) is 47.9 Å². The minimum Gasteiger partial charge on any atom is -0.382 e. The Morgan fingerprint density at radius 3 is 2.43 bits per heavy atom. The molecule has 0 radical (unpaired) electrons. The number of hydrogen-bond acceptors (Lipinski definition) is 4. The van der Waals surface area contributed by atoms with Gasteiger partial charge in [0.05, 0.1) is 11.3 Å². The van der Waals surface area contributed by atoms with Gasteiger partial charge in [0.1, 0.15) is 29.8 Å². The second-order valence-corrected chi connectivity index (χ2v) is 8.79. The molecule has 4 nitrogen and oxygen atoms in total. The van der Waals surface area contributed by atoms with E-state index in [1.165, 1.54) is 0 Å². The summed E-state index contributed by atoms with van der Waals surface area (Å²) >= 11 is 0. The van der Waals surface area contributed by atoms with Gasteiger partial charge in [-0.1, -0.05) is 37.8 Å². The molecule has 0 saturated carbocycles. The Hall–Kier alpha value is -3.66. The highest BCUT2D eigenvalue weighted by Crippen LogP contribution is 2.43. The lowest BCUT2D eigenvalue weighted by molar-refractivity contribution is -0.139. The molecule has 3 aromatic carbocycles. The lowest BCUT2D eigenvalue weighted by atomic mass is 9.97. The van der Waals surface area contributed by atoms with Crippen LogP contribution in [0.2, 0.25) is 0 Å². The fourth-order valence-corrected chi connectivity index (χ4v) is 4.46. The van der Waals surface area contributed by atoms with E-state index in [0.717, 1.165) is 24.3 Å². The van der Waals surface area contributed by atoms with Crippen LogP contribution in [0.5, 0.6) is 0 Å². The molecule has 3 N–H and O–H groups in total. The maximum atomic E-state index is 14.6. The lowest BCUT2D eigenvalue weighted by Crippen LogP contribution is -2.44. The largest absolute Gasteiger partial charge is 0.416 e. The first-order valence-electron chi connectivity index (χ1n) is 11.6. The van der Waals surface area contributed by atoms with Crippen molar-refractivity contribution in [3.63, 3.8) is 0 Å². The van der Waals surface area contributed by atoms with Crippen LogP contribution in [0.4, 0.5) is 37.7 Å². The summed E-state index contributed by atoms with van der Waals surface area (Å²) < 4.78 is 84.1. The van der Waals surface area contributed by atoms with Gasteiger partial charge < -0.3 is 16.0 Å². The van der Waals surface area contributed by atoms with E-state index >= 15 is 0 Å². The van der Waals surface area contributed by atoms with Gasteiger partial charge >= 0.3 is 6.18 Å². The van der Waals surface area contributed by atoms with Crippen LogP contribution in [-0.2, 0) is 6.18 Å². The average molecular weight is 521 g/mol. The number of halogens is 6. The first-order chi connectivity index (χ1) is 17.5. The van der Waals surface area contributed by atoms with E-state index < -0.39 is 41.5 Å². The Labute approximate surface area is 211 Å². The first kappa shape index (κ1) is 26.4. The van der Waals surface area contributed by atoms with Crippen molar-refractivity contribution >= 4 is 17.1 Å². The van der Waals surface area contributed by atoms with Gasteiger partial charge in [0.15, 0.2) is 0 Å². The van der Waals surface area contributed by atoms with Gasteiger partial charge in [-0.2, -0.15) is 13.2 Å². The predicted octanol–water partition coefficient (Wildman–Crippen LogP) is 7.26. The number of fused-ring (bicyclic) bond motifs is 1. The highest BCUT2D eigenvalue weighted by Gasteiger charge is 2.40. The van der Waals surface area contributed by atoms with Gasteiger partial charge in [-0.15, -0.1) is 0 Å². The smallest absolute Gasteiger partial charge is 0.382 e. The van der Waals surface area contributed by atoms with E-state index in [1.54, 1.807) is 36.2 Å². The van der Waals surface area contributed by atoms with E-state index in [1.807, 2.05) is 6.92 Å². The zero-order valence-electron chi connectivity index (χ0n) is 20.2. The zero-order chi connectivity index (χ0) is 26.9. The molecule has 0 aromatic heterocycles. The Kier molecular flexibility index (Phi) is 7.40. The SMILES string of the molecule is C=C(NC1c2ccccc2NC(c2ccc(F)cc2C(F)(F)F)N1C)c1cc(F)cc(F)c1NCCC. The maximum Gasteiger partial charge on any atom is 0.416 e. The Bertz CT molecular complexity index is 1310. The summed E-state index contributed by atoms with van der Waals surface area (Å²) in [6.45, 7) is 6.31. The molecule has 0 aliphatic carbocycles. The van der Waals surface area contributed by atoms with Crippen LogP contribution < -0.4 is 16.0 Å². The zero-order valence-corrected chi connectivity index (χ0v) is 20.2. The number of para-hydroxylation sites is 1. The highest BCUT2D eigenvalue weighted by atomic mass is 19.4. The average Bonchev–Trinajstić information content (AvgIpc) is 2.84. The summed E-state index contributed by atoms with van der Waals surface area (Å²) in [5.41, 5.74) is 0.336. The molecule has 37 heavy (non-hydrogen) atoms. The Morgan fingerprint density at radius 2 is 1.73 bits per heavy atom. The van der Waals surface area contributed by atoms with Crippen molar-refractivity contribution in [2.45, 2.75) is 31.9 Å². The fraction of sp³-hybridized carbons (Fsp3) is 0.259. The van der Waals surface area contributed by atoms with Crippen LogP contribution in [0.25, 0.3) is 5.70 Å². The topological polar surface area (TPSA) is 39.3 Å². The summed E-state index contributed by atoms with van der Waals surface area (Å²) in [5, 5.41) is 9.18. The van der Waals surface area contributed by atoms with E-state index in [0.29, 0.717) is 30.3 Å². The minimum atomic E-state index is -4.79. The second kappa shape index (κ2) is 10.4. The van der Waals surface area contributed by atoms with E-state index in [9.17, 15) is 26.3 Å².